The van der Waals surface area contributed by atoms with Crippen molar-refractivity contribution in [1.29, 1.82) is 0 Å². The molecule has 0 spiro atoms. The molecule has 0 fully saturated rings. The number of hydrogen-bond donors (Lipinski definition) is 1. The third-order valence-corrected chi connectivity index (χ3v) is 3.93. The van der Waals surface area contributed by atoms with Gasteiger partial charge in [0.05, 0.1) is 17.3 Å². The fourth-order valence-corrected chi connectivity index (χ4v) is 2.62. The zero-order valence-corrected chi connectivity index (χ0v) is 14.1. The lowest BCUT2D eigenvalue weighted by Gasteiger charge is -2.05. The van der Waals surface area contributed by atoms with E-state index in [9.17, 15) is 14.7 Å². The van der Waals surface area contributed by atoms with Crippen LogP contribution in [0, 0.1) is 0 Å². The van der Waals surface area contributed by atoms with Gasteiger partial charge in [0.1, 0.15) is 6.61 Å². The third-order valence-electron chi connectivity index (χ3n) is 3.17. The number of alkyl halides is 1. The number of carbonyl (C=O) groups excluding carboxylic acids is 1. The van der Waals surface area contributed by atoms with Crippen LogP contribution in [0.25, 0.3) is 5.69 Å². The van der Waals surface area contributed by atoms with Crippen molar-refractivity contribution in [3.05, 3.63) is 46.5 Å². The van der Waals surface area contributed by atoms with Gasteiger partial charge in [0, 0.05) is 6.42 Å². The van der Waals surface area contributed by atoms with Crippen LogP contribution in [0.1, 0.15) is 5.69 Å². The number of halogens is 1. The highest BCUT2D eigenvalue weighted by Gasteiger charge is 2.25. The first-order valence-electron chi connectivity index (χ1n) is 6.94. The predicted molar refractivity (Wildman–Crippen MR) is 91.2 cm³/mol. The molecule has 1 N–H and O–H groups in total. The summed E-state index contributed by atoms with van der Waals surface area (Å²) in [6, 6.07) is 8.63. The standard InChI is InChI=1S/C15H17ClN2O4S/c1-23-10-7-12-13(19)17(11-5-3-2-4-6-11)14(20)18(12)15(21)22-9-8-16/h2-6,19H,7-10H2,1H3. The minimum atomic E-state index is -0.836. The molecule has 0 unspecified atom stereocenters. The number of benzene rings is 1. The molecule has 0 aliphatic carbocycles. The average Bonchev–Trinajstić information content (AvgIpc) is 2.81. The van der Waals surface area contributed by atoms with E-state index in [1.165, 1.54) is 0 Å². The second-order valence-electron chi connectivity index (χ2n) is 4.61. The smallest absolute Gasteiger partial charge is 0.422 e. The monoisotopic (exact) mass is 356 g/mol. The Bertz CT molecular complexity index is 727. The highest BCUT2D eigenvalue weighted by molar-refractivity contribution is 7.98. The average molecular weight is 357 g/mol. The summed E-state index contributed by atoms with van der Waals surface area (Å²) in [6.45, 7) is -0.00786. The molecule has 0 aliphatic rings. The van der Waals surface area contributed by atoms with Gasteiger partial charge in [-0.1, -0.05) is 18.2 Å². The number of aromatic nitrogens is 2. The molecule has 6 nitrogen and oxygen atoms in total. The third kappa shape index (κ3) is 3.73. The van der Waals surface area contributed by atoms with Crippen molar-refractivity contribution in [3.63, 3.8) is 0 Å². The Labute approximate surface area is 142 Å². The first-order chi connectivity index (χ1) is 11.1. The molecular weight excluding hydrogens is 340 g/mol. The van der Waals surface area contributed by atoms with E-state index in [-0.39, 0.29) is 24.1 Å². The number of imidazole rings is 1. The topological polar surface area (TPSA) is 73.5 Å². The molecular formula is C15H17ClN2O4S. The number of aromatic hydroxyl groups is 1. The highest BCUT2D eigenvalue weighted by Crippen LogP contribution is 2.22. The SMILES string of the molecule is CSCCc1c(O)n(-c2ccccc2)c(=O)n1C(=O)OCCCl. The Morgan fingerprint density at radius 3 is 2.65 bits per heavy atom. The normalized spacial score (nSPS) is 10.7. The lowest BCUT2D eigenvalue weighted by Crippen LogP contribution is -2.31. The van der Waals surface area contributed by atoms with Gasteiger partial charge < -0.3 is 9.84 Å². The lowest BCUT2D eigenvalue weighted by atomic mass is 10.3. The summed E-state index contributed by atoms with van der Waals surface area (Å²) in [7, 11) is 0. The van der Waals surface area contributed by atoms with Crippen molar-refractivity contribution in [2.75, 3.05) is 24.5 Å². The van der Waals surface area contributed by atoms with Crippen LogP contribution in [0.5, 0.6) is 5.88 Å². The summed E-state index contributed by atoms with van der Waals surface area (Å²) in [6.07, 6.45) is 1.43. The van der Waals surface area contributed by atoms with Gasteiger partial charge in [0.15, 0.2) is 0 Å². The number of thioether (sulfide) groups is 1. The van der Waals surface area contributed by atoms with E-state index in [2.05, 4.69) is 0 Å². The van der Waals surface area contributed by atoms with E-state index < -0.39 is 11.8 Å². The van der Waals surface area contributed by atoms with Crippen LogP contribution in [-0.2, 0) is 11.2 Å². The van der Waals surface area contributed by atoms with Crippen LogP contribution in [0.15, 0.2) is 35.1 Å². The number of carbonyl (C=O) groups is 1. The quantitative estimate of drug-likeness (QED) is 0.805. The van der Waals surface area contributed by atoms with Gasteiger partial charge in [-0.25, -0.2) is 14.2 Å². The molecule has 23 heavy (non-hydrogen) atoms. The fraction of sp³-hybridized carbons (Fsp3) is 0.333. The van der Waals surface area contributed by atoms with E-state index in [4.69, 9.17) is 16.3 Å². The van der Waals surface area contributed by atoms with Crippen molar-refractivity contribution in [2.45, 2.75) is 6.42 Å². The fourth-order valence-electron chi connectivity index (χ4n) is 2.15. The minimum absolute atomic E-state index is 0.00786. The summed E-state index contributed by atoms with van der Waals surface area (Å²) >= 11 is 7.05. The molecule has 0 amide bonds. The second-order valence-corrected chi connectivity index (χ2v) is 5.97. The Kier molecular flexibility index (Phi) is 6.18. The number of hydrogen-bond acceptors (Lipinski definition) is 5. The first kappa shape index (κ1) is 17.5. The summed E-state index contributed by atoms with van der Waals surface area (Å²) in [5.41, 5.74) is 0.0430. The molecule has 1 aromatic carbocycles. The maximum atomic E-state index is 12.6. The van der Waals surface area contributed by atoms with Crippen molar-refractivity contribution < 1.29 is 14.6 Å². The van der Waals surface area contributed by atoms with Crippen LogP contribution in [0.2, 0.25) is 0 Å². The van der Waals surface area contributed by atoms with Crippen LogP contribution >= 0.6 is 23.4 Å². The van der Waals surface area contributed by atoms with E-state index in [0.29, 0.717) is 17.9 Å². The minimum Gasteiger partial charge on any atom is -0.493 e. The second kappa shape index (κ2) is 8.12. The molecule has 0 atom stereocenters. The first-order valence-corrected chi connectivity index (χ1v) is 8.87. The van der Waals surface area contributed by atoms with E-state index in [1.807, 2.05) is 6.26 Å². The Morgan fingerprint density at radius 2 is 2.04 bits per heavy atom. The largest absolute Gasteiger partial charge is 0.493 e. The lowest BCUT2D eigenvalue weighted by molar-refractivity contribution is 0.153. The Balaban J connectivity index is 2.55. The molecule has 0 radical (unpaired) electrons. The number of rotatable bonds is 6. The van der Waals surface area contributed by atoms with Gasteiger partial charge in [-0.15, -0.1) is 11.6 Å². The Hall–Kier alpha value is -1.86. The van der Waals surface area contributed by atoms with E-state index >= 15 is 0 Å². The molecule has 0 saturated carbocycles. The summed E-state index contributed by atoms with van der Waals surface area (Å²) < 4.78 is 6.90. The molecule has 2 aromatic rings. The van der Waals surface area contributed by atoms with Crippen molar-refractivity contribution in [1.82, 2.24) is 9.13 Å². The van der Waals surface area contributed by atoms with Gasteiger partial charge in [-0.2, -0.15) is 16.3 Å². The van der Waals surface area contributed by atoms with Crippen molar-refractivity contribution in [2.24, 2.45) is 0 Å². The molecule has 0 saturated heterocycles. The Morgan fingerprint density at radius 1 is 1.35 bits per heavy atom. The molecule has 8 heteroatoms. The molecule has 0 bridgehead atoms. The van der Waals surface area contributed by atoms with Gasteiger partial charge in [-0.3, -0.25) is 0 Å². The van der Waals surface area contributed by atoms with Crippen LogP contribution < -0.4 is 5.69 Å². The molecule has 124 valence electrons. The highest BCUT2D eigenvalue weighted by atomic mass is 35.5. The molecule has 1 aromatic heterocycles. The summed E-state index contributed by atoms with van der Waals surface area (Å²) in [4.78, 5) is 24.8. The van der Waals surface area contributed by atoms with Gasteiger partial charge in [0.25, 0.3) is 0 Å². The molecule has 0 aliphatic heterocycles. The van der Waals surface area contributed by atoms with Crippen LogP contribution in [-0.4, -0.2) is 44.8 Å². The number of nitrogens with zero attached hydrogens (tertiary/aromatic N) is 2. The number of para-hydroxylation sites is 1. The summed E-state index contributed by atoms with van der Waals surface area (Å²) in [5.74, 6) is 0.527. The summed E-state index contributed by atoms with van der Waals surface area (Å²) in [5, 5.41) is 10.4. The van der Waals surface area contributed by atoms with E-state index in [0.717, 1.165) is 9.13 Å². The zero-order chi connectivity index (χ0) is 16.8. The van der Waals surface area contributed by atoms with E-state index in [1.54, 1.807) is 42.1 Å². The van der Waals surface area contributed by atoms with Gasteiger partial charge >= 0.3 is 11.8 Å². The van der Waals surface area contributed by atoms with Gasteiger partial charge in [-0.05, 0) is 24.1 Å². The molecule has 2 rings (SSSR count). The van der Waals surface area contributed by atoms with Crippen molar-refractivity contribution >= 4 is 29.5 Å². The number of ether oxygens (including phenoxy) is 1. The van der Waals surface area contributed by atoms with Crippen LogP contribution in [0.4, 0.5) is 4.79 Å². The maximum Gasteiger partial charge on any atom is 0.422 e. The maximum absolute atomic E-state index is 12.6. The zero-order valence-electron chi connectivity index (χ0n) is 12.6. The molecule has 1 heterocycles. The van der Waals surface area contributed by atoms with Crippen LogP contribution in [0.3, 0.4) is 0 Å². The van der Waals surface area contributed by atoms with Crippen molar-refractivity contribution in [3.8, 4) is 11.6 Å². The predicted octanol–water partition coefficient (Wildman–Crippen LogP) is 2.47. The van der Waals surface area contributed by atoms with Gasteiger partial charge in [0.2, 0.25) is 5.88 Å².